The predicted octanol–water partition coefficient (Wildman–Crippen LogP) is 2.68. The van der Waals surface area contributed by atoms with E-state index in [0.29, 0.717) is 6.61 Å². The molecular weight excluding hydrogens is 300 g/mol. The standard InChI is InChI=1S/C16H24N2O5/c1-6-22-14(19)12-9-17-18(13(12)23-10-11(2)3)8-7-16(4,5)15(20)21/h7-9,11H,6,10H2,1-5H3,(H,20,21)/b8-7+. The minimum atomic E-state index is -1.06. The van der Waals surface area contributed by atoms with Gasteiger partial charge in [-0.1, -0.05) is 13.8 Å². The third-order valence-corrected chi connectivity index (χ3v) is 2.98. The van der Waals surface area contributed by atoms with Gasteiger partial charge in [0.15, 0.2) is 0 Å². The molecule has 0 aliphatic rings. The Morgan fingerprint density at radius 1 is 1.43 bits per heavy atom. The zero-order chi connectivity index (χ0) is 17.6. The van der Waals surface area contributed by atoms with E-state index in [1.165, 1.54) is 23.2 Å². The second-order valence-corrected chi connectivity index (χ2v) is 6.08. The highest BCUT2D eigenvalue weighted by atomic mass is 16.5. The maximum absolute atomic E-state index is 12.0. The van der Waals surface area contributed by atoms with Crippen LogP contribution < -0.4 is 4.74 Å². The summed E-state index contributed by atoms with van der Waals surface area (Å²) in [5, 5.41) is 13.2. The van der Waals surface area contributed by atoms with Crippen molar-refractivity contribution in [2.45, 2.75) is 34.6 Å². The molecule has 1 aromatic heterocycles. The van der Waals surface area contributed by atoms with Crippen molar-refractivity contribution in [3.8, 4) is 5.88 Å². The second kappa shape index (κ2) is 7.80. The number of esters is 1. The number of carbonyl (C=O) groups is 2. The molecule has 23 heavy (non-hydrogen) atoms. The topological polar surface area (TPSA) is 90.7 Å². The lowest BCUT2D eigenvalue weighted by atomic mass is 9.94. The first-order chi connectivity index (χ1) is 10.7. The number of rotatable bonds is 8. The van der Waals surface area contributed by atoms with Crippen LogP contribution in [0.1, 0.15) is 45.0 Å². The van der Waals surface area contributed by atoms with Crippen molar-refractivity contribution in [1.29, 1.82) is 0 Å². The van der Waals surface area contributed by atoms with Gasteiger partial charge in [0, 0.05) is 6.20 Å². The van der Waals surface area contributed by atoms with Crippen LogP contribution in [0.2, 0.25) is 0 Å². The maximum atomic E-state index is 12.0. The van der Waals surface area contributed by atoms with Crippen LogP contribution in [-0.4, -0.2) is 40.0 Å². The van der Waals surface area contributed by atoms with E-state index in [1.807, 2.05) is 13.8 Å². The molecule has 0 saturated heterocycles. The highest BCUT2D eigenvalue weighted by molar-refractivity contribution is 5.92. The van der Waals surface area contributed by atoms with Crippen molar-refractivity contribution in [2.24, 2.45) is 11.3 Å². The van der Waals surface area contributed by atoms with E-state index < -0.39 is 17.4 Å². The molecule has 0 aliphatic heterocycles. The number of ether oxygens (including phenoxy) is 2. The predicted molar refractivity (Wildman–Crippen MR) is 85.3 cm³/mol. The van der Waals surface area contributed by atoms with Gasteiger partial charge >= 0.3 is 11.9 Å². The van der Waals surface area contributed by atoms with Gasteiger partial charge in [-0.3, -0.25) is 4.79 Å². The molecule has 0 aliphatic carbocycles. The van der Waals surface area contributed by atoms with Crippen LogP contribution in [0, 0.1) is 11.3 Å². The Bertz CT molecular complexity index is 587. The lowest BCUT2D eigenvalue weighted by molar-refractivity contribution is -0.144. The molecule has 0 amide bonds. The number of carbonyl (C=O) groups excluding carboxylic acids is 1. The lowest BCUT2D eigenvalue weighted by Crippen LogP contribution is -2.20. The summed E-state index contributed by atoms with van der Waals surface area (Å²) in [6.07, 6.45) is 4.32. The number of hydrogen-bond acceptors (Lipinski definition) is 5. The van der Waals surface area contributed by atoms with E-state index in [0.717, 1.165) is 0 Å². The van der Waals surface area contributed by atoms with E-state index in [4.69, 9.17) is 14.6 Å². The maximum Gasteiger partial charge on any atom is 0.345 e. The first-order valence-electron chi connectivity index (χ1n) is 7.49. The molecule has 1 aromatic rings. The van der Waals surface area contributed by atoms with Crippen molar-refractivity contribution in [1.82, 2.24) is 9.78 Å². The summed E-state index contributed by atoms with van der Waals surface area (Å²) in [7, 11) is 0. The number of aromatic nitrogens is 2. The molecular formula is C16H24N2O5. The van der Waals surface area contributed by atoms with Gasteiger partial charge < -0.3 is 14.6 Å². The summed E-state index contributed by atoms with van der Waals surface area (Å²) in [6.45, 7) is 9.45. The van der Waals surface area contributed by atoms with E-state index in [-0.39, 0.29) is 24.0 Å². The van der Waals surface area contributed by atoms with Crippen molar-refractivity contribution < 1.29 is 24.2 Å². The minimum absolute atomic E-state index is 0.213. The van der Waals surface area contributed by atoms with Crippen LogP contribution in [0.15, 0.2) is 12.3 Å². The molecule has 1 rings (SSSR count). The van der Waals surface area contributed by atoms with Crippen LogP contribution in [0.25, 0.3) is 6.20 Å². The molecule has 0 unspecified atom stereocenters. The van der Waals surface area contributed by atoms with E-state index in [1.54, 1.807) is 20.8 Å². The third kappa shape index (κ3) is 5.12. The summed E-state index contributed by atoms with van der Waals surface area (Å²) < 4.78 is 12.0. The fourth-order valence-electron chi connectivity index (χ4n) is 1.52. The van der Waals surface area contributed by atoms with E-state index in [2.05, 4.69) is 5.10 Å². The molecule has 7 heteroatoms. The fraction of sp³-hybridized carbons (Fsp3) is 0.562. The molecule has 0 saturated carbocycles. The van der Waals surface area contributed by atoms with Gasteiger partial charge in [-0.15, -0.1) is 0 Å². The normalized spacial score (nSPS) is 11.9. The lowest BCUT2D eigenvalue weighted by Gasteiger charge is -2.14. The van der Waals surface area contributed by atoms with Gasteiger partial charge in [0.25, 0.3) is 0 Å². The molecule has 7 nitrogen and oxygen atoms in total. The molecule has 0 aromatic carbocycles. The number of carboxylic acids is 1. The first-order valence-corrected chi connectivity index (χ1v) is 7.49. The summed E-state index contributed by atoms with van der Waals surface area (Å²) in [6, 6.07) is 0. The zero-order valence-corrected chi connectivity index (χ0v) is 14.2. The van der Waals surface area contributed by atoms with Gasteiger partial charge in [0.2, 0.25) is 5.88 Å². The zero-order valence-electron chi connectivity index (χ0n) is 14.2. The highest BCUT2D eigenvalue weighted by Crippen LogP contribution is 2.23. The number of aliphatic carboxylic acids is 1. The summed E-state index contributed by atoms with van der Waals surface area (Å²) in [4.78, 5) is 23.1. The Kier molecular flexibility index (Phi) is 6.36. The van der Waals surface area contributed by atoms with Crippen LogP contribution in [0.5, 0.6) is 5.88 Å². The van der Waals surface area contributed by atoms with Gasteiger partial charge in [-0.2, -0.15) is 5.10 Å². The van der Waals surface area contributed by atoms with Crippen LogP contribution in [0.3, 0.4) is 0 Å². The Balaban J connectivity index is 3.13. The van der Waals surface area contributed by atoms with Gasteiger partial charge in [0.05, 0.1) is 24.8 Å². The van der Waals surface area contributed by atoms with Crippen LogP contribution in [0.4, 0.5) is 0 Å². The quantitative estimate of drug-likeness (QED) is 0.739. The molecule has 0 radical (unpaired) electrons. The monoisotopic (exact) mass is 324 g/mol. The Morgan fingerprint density at radius 3 is 2.61 bits per heavy atom. The largest absolute Gasteiger partial charge is 0.481 e. The van der Waals surface area contributed by atoms with Gasteiger partial charge in [-0.25, -0.2) is 9.48 Å². The number of nitrogens with zero attached hydrogens (tertiary/aromatic N) is 2. The van der Waals surface area contributed by atoms with Crippen molar-refractivity contribution in [3.63, 3.8) is 0 Å². The van der Waals surface area contributed by atoms with Crippen molar-refractivity contribution in [3.05, 3.63) is 17.8 Å². The molecule has 128 valence electrons. The molecule has 0 atom stereocenters. The fourth-order valence-corrected chi connectivity index (χ4v) is 1.52. The van der Waals surface area contributed by atoms with Crippen LogP contribution in [-0.2, 0) is 9.53 Å². The first kappa shape index (κ1) is 18.7. The highest BCUT2D eigenvalue weighted by Gasteiger charge is 2.25. The van der Waals surface area contributed by atoms with Crippen molar-refractivity contribution in [2.75, 3.05) is 13.2 Å². The molecule has 0 spiro atoms. The SMILES string of the molecule is CCOC(=O)c1cnn(/C=C/C(C)(C)C(=O)O)c1OCC(C)C. The molecule has 0 bridgehead atoms. The molecule has 1 heterocycles. The average Bonchev–Trinajstić information content (AvgIpc) is 2.86. The number of hydrogen-bond donors (Lipinski definition) is 1. The van der Waals surface area contributed by atoms with Gasteiger partial charge in [0.1, 0.15) is 5.56 Å². The average molecular weight is 324 g/mol. The van der Waals surface area contributed by atoms with E-state index >= 15 is 0 Å². The second-order valence-electron chi connectivity index (χ2n) is 6.08. The Labute approximate surface area is 135 Å². The minimum Gasteiger partial charge on any atom is -0.481 e. The smallest absolute Gasteiger partial charge is 0.345 e. The Morgan fingerprint density at radius 2 is 2.09 bits per heavy atom. The molecule has 0 fully saturated rings. The summed E-state index contributed by atoms with van der Waals surface area (Å²) >= 11 is 0. The summed E-state index contributed by atoms with van der Waals surface area (Å²) in [5.74, 6) is -0.984. The van der Waals surface area contributed by atoms with Crippen LogP contribution >= 0.6 is 0 Å². The Hall–Kier alpha value is -2.31. The van der Waals surface area contributed by atoms with E-state index in [9.17, 15) is 9.59 Å². The number of carboxylic acid groups (broad SMARTS) is 1. The molecule has 1 N–H and O–H groups in total. The van der Waals surface area contributed by atoms with Gasteiger partial charge in [-0.05, 0) is 32.8 Å². The van der Waals surface area contributed by atoms with Crippen molar-refractivity contribution >= 4 is 18.1 Å². The summed E-state index contributed by atoms with van der Waals surface area (Å²) in [5.41, 5.74) is -0.851. The third-order valence-electron chi connectivity index (χ3n) is 2.98.